The van der Waals surface area contributed by atoms with E-state index in [0.29, 0.717) is 12.8 Å². The van der Waals surface area contributed by atoms with Crippen LogP contribution in [0, 0.1) is 0 Å². The summed E-state index contributed by atoms with van der Waals surface area (Å²) in [5.74, 6) is -0.243. The van der Waals surface area contributed by atoms with Gasteiger partial charge in [-0.15, -0.1) is 0 Å². The van der Waals surface area contributed by atoms with Crippen molar-refractivity contribution in [1.29, 1.82) is 0 Å². The van der Waals surface area contributed by atoms with E-state index >= 15 is 0 Å². The predicted molar refractivity (Wildman–Crippen MR) is 420 cm³/mol. The van der Waals surface area contributed by atoms with Gasteiger partial charge in [0.25, 0.3) is 0 Å². The van der Waals surface area contributed by atoms with E-state index in [0.717, 1.165) is 96.3 Å². The fraction of sp³-hybridized carbons (Fsp3) is 0.826. The number of carbonyl (C=O) groups is 1. The van der Waals surface area contributed by atoms with Gasteiger partial charge in [0.15, 0.2) is 18.9 Å². The van der Waals surface area contributed by atoms with Gasteiger partial charge in [-0.2, -0.15) is 0 Å². The number of unbranched alkanes of at least 4 members (excludes halogenated alkanes) is 37. The van der Waals surface area contributed by atoms with Crippen LogP contribution in [0.4, 0.5) is 0 Å². The monoisotopic (exact) mass is 1490 g/mol. The molecule has 17 atom stereocenters. The lowest BCUT2D eigenvalue weighted by Crippen LogP contribution is -2.66. The summed E-state index contributed by atoms with van der Waals surface area (Å²) in [4.78, 5) is 13.5. The Balaban J connectivity index is 1.34. The smallest absolute Gasteiger partial charge is 0.220 e. The number of hydrogen-bond donors (Lipinski definition) is 12. The van der Waals surface area contributed by atoms with Crippen LogP contribution in [-0.4, -0.2) is 193 Å². The summed E-state index contributed by atoms with van der Waals surface area (Å²) in [7, 11) is 0. The highest BCUT2D eigenvalue weighted by atomic mass is 16.8. The van der Waals surface area contributed by atoms with Gasteiger partial charge in [-0.25, -0.2) is 0 Å². The second-order valence-electron chi connectivity index (χ2n) is 29.9. The van der Waals surface area contributed by atoms with Gasteiger partial charge in [0, 0.05) is 6.42 Å². The summed E-state index contributed by atoms with van der Waals surface area (Å²) in [6, 6.07) is -0.894. The Labute approximate surface area is 635 Å². The fourth-order valence-electron chi connectivity index (χ4n) is 14.0. The minimum absolute atomic E-state index is 0.243. The SMILES string of the molecule is CC/C=C\C/C=C\C/C=C\C/C=C\C/C=C\C/C=C\C/C=C\CCCCCCCCCCCCCCCC(=O)NC(COC1OC(CO)C(OC2OC(CO)C(OC3OC(CO)C(O)C(O)C3O)C(O)C2O)C(O)C1O)C(O)CCCCCCCCCCCCCCCCCCCCCCCCCCC. The third kappa shape index (κ3) is 45.2. The molecular weight excluding hydrogens is 1330 g/mol. The maximum Gasteiger partial charge on any atom is 0.220 e. The summed E-state index contributed by atoms with van der Waals surface area (Å²) in [5.41, 5.74) is 0. The lowest BCUT2D eigenvalue weighted by molar-refractivity contribution is -0.379. The molecule has 0 aromatic heterocycles. The first-order chi connectivity index (χ1) is 51.3. The number of rotatable bonds is 67. The Morgan fingerprint density at radius 2 is 0.657 bits per heavy atom. The average Bonchev–Trinajstić information content (AvgIpc) is 0.781. The van der Waals surface area contributed by atoms with Crippen LogP contribution in [-0.2, 0) is 33.2 Å². The van der Waals surface area contributed by atoms with E-state index in [1.54, 1.807) is 0 Å². The maximum absolute atomic E-state index is 13.5. The van der Waals surface area contributed by atoms with Gasteiger partial charge in [-0.3, -0.25) is 4.79 Å². The molecule has 105 heavy (non-hydrogen) atoms. The molecule has 17 unspecified atom stereocenters. The first-order valence-corrected chi connectivity index (χ1v) is 42.3. The van der Waals surface area contributed by atoms with Crippen molar-refractivity contribution >= 4 is 5.91 Å². The molecule has 3 rings (SSSR count). The molecule has 0 bridgehead atoms. The van der Waals surface area contributed by atoms with Crippen molar-refractivity contribution in [3.05, 3.63) is 85.1 Å². The van der Waals surface area contributed by atoms with Crippen molar-refractivity contribution in [3.8, 4) is 0 Å². The van der Waals surface area contributed by atoms with Crippen LogP contribution in [0.3, 0.4) is 0 Å². The molecule has 3 aliphatic heterocycles. The van der Waals surface area contributed by atoms with Crippen molar-refractivity contribution in [2.75, 3.05) is 26.4 Å². The lowest BCUT2D eigenvalue weighted by Gasteiger charge is -2.48. The van der Waals surface area contributed by atoms with Crippen LogP contribution in [0.1, 0.15) is 322 Å². The van der Waals surface area contributed by atoms with Crippen LogP contribution >= 0.6 is 0 Å². The number of allylic oxidation sites excluding steroid dienone is 14. The Morgan fingerprint density at radius 1 is 0.352 bits per heavy atom. The van der Waals surface area contributed by atoms with Crippen molar-refractivity contribution in [1.82, 2.24) is 5.32 Å². The number of hydrogen-bond acceptors (Lipinski definition) is 18. The van der Waals surface area contributed by atoms with Gasteiger partial charge in [-0.05, 0) is 70.6 Å². The van der Waals surface area contributed by atoms with E-state index < -0.39 is 124 Å². The summed E-state index contributed by atoms with van der Waals surface area (Å²) >= 11 is 0. The number of ether oxygens (including phenoxy) is 6. The fourth-order valence-corrected chi connectivity index (χ4v) is 14.0. The Hall–Kier alpha value is -3.03. The molecule has 610 valence electrons. The van der Waals surface area contributed by atoms with E-state index in [-0.39, 0.29) is 18.9 Å². The number of aliphatic hydroxyl groups is 11. The average molecular weight is 1490 g/mol. The van der Waals surface area contributed by atoms with Gasteiger partial charge < -0.3 is 89.9 Å². The van der Waals surface area contributed by atoms with Gasteiger partial charge in [0.2, 0.25) is 5.91 Å². The molecule has 12 N–H and O–H groups in total. The largest absolute Gasteiger partial charge is 0.394 e. The summed E-state index contributed by atoms with van der Waals surface area (Å²) < 4.78 is 34.6. The molecule has 0 radical (unpaired) electrons. The first kappa shape index (κ1) is 96.2. The van der Waals surface area contributed by atoms with Crippen molar-refractivity contribution < 1.29 is 89.4 Å². The molecule has 3 fully saturated rings. The molecule has 0 aliphatic carbocycles. The van der Waals surface area contributed by atoms with Crippen LogP contribution in [0.25, 0.3) is 0 Å². The Morgan fingerprint density at radius 3 is 1.03 bits per heavy atom. The zero-order chi connectivity index (χ0) is 76.0. The molecule has 1 amide bonds. The standard InChI is InChI=1S/C86H153NO18/c1-3-5-7-9-11-13-15-17-19-21-23-25-27-29-30-31-32-33-34-35-36-37-38-40-42-44-46-48-50-52-54-56-58-60-62-64-74(92)87-69(70(91)63-61-59-57-55-53-51-49-47-45-43-41-39-28-26-24-22-20-18-16-14-12-10-8-6-4-2)68-100-84-80(98)77(95)82(72(66-89)102-84)105-86-81(99)78(96)83(73(67-90)103-86)104-85-79(97)76(94)75(93)71(65-88)101-85/h5,7,11,13,17,19,23,25,29-30,32-33,35-36,69-73,75-86,88-91,93-99H,3-4,6,8-10,12,14-16,18,20-22,24,26-28,31,34,37-68H2,1-2H3,(H,87,92)/b7-5-,13-11-,19-17-,25-23-,30-29-,33-32-,36-35-. The molecule has 0 aromatic carbocycles. The van der Waals surface area contributed by atoms with Crippen molar-refractivity contribution in [2.45, 2.75) is 426 Å². The van der Waals surface area contributed by atoms with E-state index in [1.807, 2.05) is 0 Å². The molecule has 0 saturated carbocycles. The molecule has 19 nitrogen and oxygen atoms in total. The highest BCUT2D eigenvalue weighted by Gasteiger charge is 2.54. The minimum Gasteiger partial charge on any atom is -0.394 e. The van der Waals surface area contributed by atoms with Crippen molar-refractivity contribution in [2.24, 2.45) is 0 Å². The normalized spacial score (nSPS) is 26.2. The number of nitrogens with one attached hydrogen (secondary N) is 1. The van der Waals surface area contributed by atoms with E-state index in [4.69, 9.17) is 28.4 Å². The van der Waals surface area contributed by atoms with Gasteiger partial charge in [0.1, 0.15) is 73.2 Å². The summed E-state index contributed by atoms with van der Waals surface area (Å²) in [6.45, 7) is 1.73. The van der Waals surface area contributed by atoms with Gasteiger partial charge in [-0.1, -0.05) is 330 Å². The predicted octanol–water partition coefficient (Wildman–Crippen LogP) is 15.0. The third-order valence-electron chi connectivity index (χ3n) is 20.7. The Bertz CT molecular complexity index is 2230. The van der Waals surface area contributed by atoms with Crippen molar-refractivity contribution in [3.63, 3.8) is 0 Å². The van der Waals surface area contributed by atoms with Crippen LogP contribution in [0.2, 0.25) is 0 Å². The lowest BCUT2D eigenvalue weighted by atomic mass is 9.96. The highest BCUT2D eigenvalue weighted by Crippen LogP contribution is 2.33. The Kier molecular flexibility index (Phi) is 60.1. The van der Waals surface area contributed by atoms with E-state index in [2.05, 4.69) is 104 Å². The second-order valence-corrected chi connectivity index (χ2v) is 29.9. The van der Waals surface area contributed by atoms with Crippen LogP contribution in [0.15, 0.2) is 85.1 Å². The summed E-state index contributed by atoms with van der Waals surface area (Å²) in [6.07, 6.45) is 60.9. The molecular formula is C86H153NO18. The quantitative estimate of drug-likeness (QED) is 0.0199. The molecule has 3 heterocycles. The first-order valence-electron chi connectivity index (χ1n) is 42.3. The zero-order valence-corrected chi connectivity index (χ0v) is 65.4. The summed E-state index contributed by atoms with van der Waals surface area (Å²) in [5, 5.41) is 121. The maximum atomic E-state index is 13.5. The third-order valence-corrected chi connectivity index (χ3v) is 20.7. The molecule has 0 spiro atoms. The van der Waals surface area contributed by atoms with Crippen LogP contribution in [0.5, 0.6) is 0 Å². The minimum atomic E-state index is -1.98. The molecule has 0 aromatic rings. The van der Waals surface area contributed by atoms with Crippen LogP contribution < -0.4 is 5.32 Å². The zero-order valence-electron chi connectivity index (χ0n) is 65.4. The van der Waals surface area contributed by atoms with Gasteiger partial charge >= 0.3 is 0 Å². The molecule has 3 aliphatic rings. The number of amides is 1. The molecule has 19 heteroatoms. The molecule has 3 saturated heterocycles. The second kappa shape index (κ2) is 65.7. The topological polar surface area (TPSA) is 307 Å². The van der Waals surface area contributed by atoms with E-state index in [9.17, 15) is 61.0 Å². The van der Waals surface area contributed by atoms with E-state index in [1.165, 1.54) is 193 Å². The van der Waals surface area contributed by atoms with Gasteiger partial charge in [0.05, 0.1) is 38.6 Å². The number of carbonyl (C=O) groups excluding carboxylic acids is 1. The number of aliphatic hydroxyl groups excluding tert-OH is 11. The highest BCUT2D eigenvalue weighted by molar-refractivity contribution is 5.76.